The summed E-state index contributed by atoms with van der Waals surface area (Å²) in [6.07, 6.45) is 6.51. The standard InChI is InChI=1S/C10H13NO3/c11-9(10(13)14)5-4-7-2-1-3-8(12)6-7/h1-2,6,9H,3-5,11H2,(H,13,14)/t9-/m1/s1. The summed E-state index contributed by atoms with van der Waals surface area (Å²) >= 11 is 0. The third-order valence-electron chi connectivity index (χ3n) is 2.06. The van der Waals surface area contributed by atoms with Crippen LogP contribution in [-0.2, 0) is 9.59 Å². The lowest BCUT2D eigenvalue weighted by atomic mass is 10.00. The van der Waals surface area contributed by atoms with Crippen molar-refractivity contribution in [1.29, 1.82) is 0 Å². The molecule has 0 spiro atoms. The Bertz CT molecular complexity index is 304. The minimum Gasteiger partial charge on any atom is -0.480 e. The summed E-state index contributed by atoms with van der Waals surface area (Å²) in [7, 11) is 0. The molecule has 1 rings (SSSR count). The number of carboxylic acid groups (broad SMARTS) is 1. The Labute approximate surface area is 82.1 Å². The molecule has 14 heavy (non-hydrogen) atoms. The van der Waals surface area contributed by atoms with E-state index in [0.717, 1.165) is 5.57 Å². The summed E-state index contributed by atoms with van der Waals surface area (Å²) in [5.41, 5.74) is 6.19. The molecule has 0 aliphatic heterocycles. The van der Waals surface area contributed by atoms with Gasteiger partial charge in [0.05, 0.1) is 0 Å². The summed E-state index contributed by atoms with van der Waals surface area (Å²) in [4.78, 5) is 21.4. The van der Waals surface area contributed by atoms with E-state index in [1.807, 2.05) is 6.08 Å². The number of nitrogens with two attached hydrogens (primary N) is 1. The molecule has 0 aromatic heterocycles. The molecule has 3 N–H and O–H groups in total. The minimum atomic E-state index is -1.00. The highest BCUT2D eigenvalue weighted by molar-refractivity contribution is 5.93. The lowest BCUT2D eigenvalue weighted by Crippen LogP contribution is -2.29. The maximum Gasteiger partial charge on any atom is 0.320 e. The molecule has 0 aromatic rings. The van der Waals surface area contributed by atoms with Crippen molar-refractivity contribution in [1.82, 2.24) is 0 Å². The maximum absolute atomic E-state index is 11.0. The number of hydrogen-bond acceptors (Lipinski definition) is 3. The van der Waals surface area contributed by atoms with Crippen LogP contribution in [0.2, 0.25) is 0 Å². The number of aliphatic carboxylic acids is 1. The second-order valence-electron chi connectivity index (χ2n) is 3.28. The molecule has 76 valence electrons. The third kappa shape index (κ3) is 3.14. The monoisotopic (exact) mass is 195 g/mol. The Balaban J connectivity index is 2.42. The third-order valence-corrected chi connectivity index (χ3v) is 2.06. The Morgan fingerprint density at radius 3 is 2.93 bits per heavy atom. The van der Waals surface area contributed by atoms with Gasteiger partial charge in [0, 0.05) is 6.42 Å². The van der Waals surface area contributed by atoms with Crippen LogP contribution in [0.1, 0.15) is 19.3 Å². The molecule has 4 nitrogen and oxygen atoms in total. The number of rotatable bonds is 4. The quantitative estimate of drug-likeness (QED) is 0.689. The topological polar surface area (TPSA) is 80.4 Å². The van der Waals surface area contributed by atoms with Gasteiger partial charge in [-0.2, -0.15) is 0 Å². The molecule has 0 fully saturated rings. The Kier molecular flexibility index (Phi) is 3.59. The second kappa shape index (κ2) is 4.72. The first kappa shape index (κ1) is 10.7. The zero-order valence-electron chi connectivity index (χ0n) is 7.77. The fourth-order valence-corrected chi connectivity index (χ4v) is 1.24. The van der Waals surface area contributed by atoms with E-state index in [1.54, 1.807) is 12.2 Å². The predicted molar refractivity (Wildman–Crippen MR) is 51.7 cm³/mol. The number of hydrogen-bond donors (Lipinski definition) is 2. The highest BCUT2D eigenvalue weighted by Gasteiger charge is 2.12. The van der Waals surface area contributed by atoms with Crippen LogP contribution >= 0.6 is 0 Å². The van der Waals surface area contributed by atoms with E-state index in [2.05, 4.69) is 0 Å². The van der Waals surface area contributed by atoms with Gasteiger partial charge in [-0.15, -0.1) is 0 Å². The van der Waals surface area contributed by atoms with E-state index >= 15 is 0 Å². The first-order valence-electron chi connectivity index (χ1n) is 4.48. The summed E-state index contributed by atoms with van der Waals surface area (Å²) < 4.78 is 0. The van der Waals surface area contributed by atoms with E-state index in [-0.39, 0.29) is 5.78 Å². The summed E-state index contributed by atoms with van der Waals surface area (Å²) in [6, 6.07) is -0.846. The van der Waals surface area contributed by atoms with Crippen molar-refractivity contribution in [2.45, 2.75) is 25.3 Å². The molecule has 0 aromatic carbocycles. The first-order chi connectivity index (χ1) is 6.59. The number of carboxylic acids is 1. The lowest BCUT2D eigenvalue weighted by molar-refractivity contribution is -0.138. The molecule has 0 saturated carbocycles. The molecule has 0 unspecified atom stereocenters. The van der Waals surface area contributed by atoms with Crippen molar-refractivity contribution >= 4 is 11.8 Å². The van der Waals surface area contributed by atoms with Gasteiger partial charge in [0.25, 0.3) is 0 Å². The minimum absolute atomic E-state index is 0.0615. The molecule has 1 aliphatic carbocycles. The van der Waals surface area contributed by atoms with Crippen molar-refractivity contribution in [2.75, 3.05) is 0 Å². The maximum atomic E-state index is 11.0. The van der Waals surface area contributed by atoms with Crippen molar-refractivity contribution in [3.8, 4) is 0 Å². The van der Waals surface area contributed by atoms with Crippen LogP contribution in [0.5, 0.6) is 0 Å². The van der Waals surface area contributed by atoms with Crippen LogP contribution in [0.3, 0.4) is 0 Å². The Morgan fingerprint density at radius 1 is 1.64 bits per heavy atom. The molecule has 0 heterocycles. The van der Waals surface area contributed by atoms with Gasteiger partial charge in [0.15, 0.2) is 5.78 Å². The van der Waals surface area contributed by atoms with Gasteiger partial charge in [-0.1, -0.05) is 12.2 Å². The number of carbonyl (C=O) groups excluding carboxylic acids is 1. The largest absolute Gasteiger partial charge is 0.480 e. The summed E-state index contributed by atoms with van der Waals surface area (Å²) in [5, 5.41) is 8.53. The smallest absolute Gasteiger partial charge is 0.320 e. The first-order valence-corrected chi connectivity index (χ1v) is 4.48. The van der Waals surface area contributed by atoms with Crippen LogP contribution in [-0.4, -0.2) is 22.9 Å². The van der Waals surface area contributed by atoms with Gasteiger partial charge in [-0.25, -0.2) is 0 Å². The zero-order valence-corrected chi connectivity index (χ0v) is 7.77. The highest BCUT2D eigenvalue weighted by atomic mass is 16.4. The zero-order chi connectivity index (χ0) is 10.6. The van der Waals surface area contributed by atoms with Crippen molar-refractivity contribution < 1.29 is 14.7 Å². The van der Waals surface area contributed by atoms with E-state index in [9.17, 15) is 9.59 Å². The van der Waals surface area contributed by atoms with E-state index in [4.69, 9.17) is 10.8 Å². The van der Waals surface area contributed by atoms with E-state index < -0.39 is 12.0 Å². The van der Waals surface area contributed by atoms with Crippen molar-refractivity contribution in [3.05, 3.63) is 23.8 Å². The second-order valence-corrected chi connectivity index (χ2v) is 3.28. The number of carbonyl (C=O) groups is 2. The SMILES string of the molecule is N[C@H](CCC1=CC(=O)CC=C1)C(=O)O. The number of ketones is 1. The lowest BCUT2D eigenvalue weighted by Gasteiger charge is -2.08. The van der Waals surface area contributed by atoms with Crippen LogP contribution in [0.15, 0.2) is 23.8 Å². The molecular weight excluding hydrogens is 182 g/mol. The van der Waals surface area contributed by atoms with Crippen LogP contribution in [0, 0.1) is 0 Å². The van der Waals surface area contributed by atoms with Gasteiger partial charge in [0.1, 0.15) is 6.04 Å². The van der Waals surface area contributed by atoms with Crippen LogP contribution in [0.4, 0.5) is 0 Å². The normalized spacial score (nSPS) is 17.8. The molecular formula is C10H13NO3. The molecule has 0 amide bonds. The van der Waals surface area contributed by atoms with Gasteiger partial charge >= 0.3 is 5.97 Å². The van der Waals surface area contributed by atoms with Crippen LogP contribution < -0.4 is 5.73 Å². The fraction of sp³-hybridized carbons (Fsp3) is 0.400. The Hall–Kier alpha value is -1.42. The molecule has 1 aliphatic rings. The van der Waals surface area contributed by atoms with Crippen molar-refractivity contribution in [3.63, 3.8) is 0 Å². The van der Waals surface area contributed by atoms with Gasteiger partial charge in [-0.05, 0) is 24.5 Å². The predicted octanol–water partition coefficient (Wildman–Crippen LogP) is 0.634. The van der Waals surface area contributed by atoms with Crippen molar-refractivity contribution in [2.24, 2.45) is 5.73 Å². The molecule has 4 heteroatoms. The van der Waals surface area contributed by atoms with Gasteiger partial charge in [-0.3, -0.25) is 9.59 Å². The molecule has 0 bridgehead atoms. The van der Waals surface area contributed by atoms with E-state index in [1.165, 1.54) is 0 Å². The fourth-order valence-electron chi connectivity index (χ4n) is 1.24. The molecule has 0 saturated heterocycles. The average Bonchev–Trinajstić information content (AvgIpc) is 2.14. The molecule has 1 atom stereocenters. The van der Waals surface area contributed by atoms with E-state index in [0.29, 0.717) is 19.3 Å². The summed E-state index contributed by atoms with van der Waals surface area (Å²) in [6.45, 7) is 0. The van der Waals surface area contributed by atoms with Gasteiger partial charge < -0.3 is 10.8 Å². The summed E-state index contributed by atoms with van der Waals surface area (Å²) in [5.74, 6) is -0.942. The number of allylic oxidation sites excluding steroid dienone is 4. The van der Waals surface area contributed by atoms with Crippen LogP contribution in [0.25, 0.3) is 0 Å². The Morgan fingerprint density at radius 2 is 2.36 bits per heavy atom. The average molecular weight is 195 g/mol. The molecule has 0 radical (unpaired) electrons. The highest BCUT2D eigenvalue weighted by Crippen LogP contribution is 2.13. The van der Waals surface area contributed by atoms with Gasteiger partial charge in [0.2, 0.25) is 0 Å².